The Bertz CT molecular complexity index is 586. The predicted molar refractivity (Wildman–Crippen MR) is 85.5 cm³/mol. The van der Waals surface area contributed by atoms with Crippen LogP contribution in [-0.4, -0.2) is 21.8 Å². The summed E-state index contributed by atoms with van der Waals surface area (Å²) in [6.45, 7) is 1.48. The Balaban J connectivity index is 1.35. The SMILES string of the molecule is c1ccc(COCCCCc2nnc3c(n2)CCCC3)cc1. The molecule has 0 spiro atoms. The highest BCUT2D eigenvalue weighted by atomic mass is 16.5. The molecule has 4 heteroatoms. The summed E-state index contributed by atoms with van der Waals surface area (Å²) >= 11 is 0. The minimum atomic E-state index is 0.692. The molecule has 0 aliphatic heterocycles. The van der Waals surface area contributed by atoms with E-state index in [1.165, 1.54) is 24.1 Å². The number of ether oxygens (including phenoxy) is 1. The van der Waals surface area contributed by atoms with Crippen molar-refractivity contribution in [2.45, 2.75) is 51.6 Å². The normalized spacial score (nSPS) is 13.8. The minimum absolute atomic E-state index is 0.692. The Morgan fingerprint density at radius 3 is 2.59 bits per heavy atom. The summed E-state index contributed by atoms with van der Waals surface area (Å²) in [4.78, 5) is 4.66. The zero-order valence-corrected chi connectivity index (χ0v) is 13.0. The second-order valence-electron chi connectivity index (χ2n) is 5.82. The summed E-state index contributed by atoms with van der Waals surface area (Å²) in [5, 5.41) is 8.59. The van der Waals surface area contributed by atoms with Crippen molar-refractivity contribution in [1.82, 2.24) is 15.2 Å². The van der Waals surface area contributed by atoms with Gasteiger partial charge in [-0.3, -0.25) is 0 Å². The van der Waals surface area contributed by atoms with Gasteiger partial charge in [0, 0.05) is 13.0 Å². The zero-order chi connectivity index (χ0) is 15.0. The van der Waals surface area contributed by atoms with Gasteiger partial charge in [0.1, 0.15) is 0 Å². The van der Waals surface area contributed by atoms with Gasteiger partial charge in [0.2, 0.25) is 0 Å². The Morgan fingerprint density at radius 1 is 0.909 bits per heavy atom. The molecule has 1 aromatic heterocycles. The highest BCUT2D eigenvalue weighted by molar-refractivity contribution is 5.14. The van der Waals surface area contributed by atoms with Crippen LogP contribution in [-0.2, 0) is 30.6 Å². The van der Waals surface area contributed by atoms with E-state index in [0.717, 1.165) is 50.2 Å². The van der Waals surface area contributed by atoms with Crippen LogP contribution in [0.2, 0.25) is 0 Å². The molecule has 0 amide bonds. The lowest BCUT2D eigenvalue weighted by atomic mass is 10.0. The van der Waals surface area contributed by atoms with E-state index in [4.69, 9.17) is 4.74 Å². The van der Waals surface area contributed by atoms with Crippen molar-refractivity contribution in [3.8, 4) is 0 Å². The molecule has 1 aliphatic carbocycles. The molecule has 4 nitrogen and oxygen atoms in total. The highest BCUT2D eigenvalue weighted by Crippen LogP contribution is 2.16. The van der Waals surface area contributed by atoms with Crippen LogP contribution in [0.25, 0.3) is 0 Å². The number of fused-ring (bicyclic) bond motifs is 1. The molecule has 1 aromatic carbocycles. The van der Waals surface area contributed by atoms with Gasteiger partial charge in [-0.1, -0.05) is 30.3 Å². The van der Waals surface area contributed by atoms with E-state index >= 15 is 0 Å². The van der Waals surface area contributed by atoms with Crippen LogP contribution in [0.15, 0.2) is 30.3 Å². The maximum Gasteiger partial charge on any atom is 0.151 e. The van der Waals surface area contributed by atoms with E-state index in [1.54, 1.807) is 0 Å². The molecule has 0 saturated carbocycles. The summed E-state index contributed by atoms with van der Waals surface area (Å²) in [7, 11) is 0. The van der Waals surface area contributed by atoms with Crippen molar-refractivity contribution in [2.75, 3.05) is 6.61 Å². The van der Waals surface area contributed by atoms with Crippen LogP contribution in [0.5, 0.6) is 0 Å². The summed E-state index contributed by atoms with van der Waals surface area (Å²) < 4.78 is 5.69. The van der Waals surface area contributed by atoms with E-state index in [2.05, 4.69) is 27.3 Å². The average molecular weight is 297 g/mol. The lowest BCUT2D eigenvalue weighted by molar-refractivity contribution is 0.117. The largest absolute Gasteiger partial charge is 0.377 e. The summed E-state index contributed by atoms with van der Waals surface area (Å²) in [6, 6.07) is 10.3. The molecule has 1 heterocycles. The number of hydrogen-bond donors (Lipinski definition) is 0. The number of rotatable bonds is 7. The molecule has 0 bridgehead atoms. The van der Waals surface area contributed by atoms with Crippen LogP contribution in [0, 0.1) is 0 Å². The zero-order valence-electron chi connectivity index (χ0n) is 13.0. The third-order valence-corrected chi connectivity index (χ3v) is 4.01. The topological polar surface area (TPSA) is 47.9 Å². The number of benzene rings is 1. The maximum atomic E-state index is 5.69. The van der Waals surface area contributed by atoms with Gasteiger partial charge in [-0.2, -0.15) is 5.10 Å². The van der Waals surface area contributed by atoms with Crippen molar-refractivity contribution in [1.29, 1.82) is 0 Å². The number of aromatic nitrogens is 3. The average Bonchev–Trinajstić information content (AvgIpc) is 2.59. The molecule has 0 saturated heterocycles. The highest BCUT2D eigenvalue weighted by Gasteiger charge is 2.13. The number of unbranched alkanes of at least 4 members (excludes halogenated alkanes) is 1. The molecule has 3 rings (SSSR count). The van der Waals surface area contributed by atoms with Crippen LogP contribution >= 0.6 is 0 Å². The van der Waals surface area contributed by atoms with Crippen LogP contribution < -0.4 is 0 Å². The van der Waals surface area contributed by atoms with Gasteiger partial charge in [-0.05, 0) is 44.1 Å². The van der Waals surface area contributed by atoms with Crippen LogP contribution in [0.3, 0.4) is 0 Å². The van der Waals surface area contributed by atoms with Gasteiger partial charge in [0.25, 0.3) is 0 Å². The summed E-state index contributed by atoms with van der Waals surface area (Å²) in [5.41, 5.74) is 3.52. The van der Waals surface area contributed by atoms with E-state index in [0.29, 0.717) is 6.61 Å². The molecule has 0 radical (unpaired) electrons. The van der Waals surface area contributed by atoms with Crippen LogP contribution in [0.4, 0.5) is 0 Å². The predicted octanol–water partition coefficient (Wildman–Crippen LogP) is 3.29. The summed E-state index contributed by atoms with van der Waals surface area (Å²) in [6.07, 6.45) is 7.55. The first-order chi connectivity index (χ1) is 10.9. The second-order valence-corrected chi connectivity index (χ2v) is 5.82. The fraction of sp³-hybridized carbons (Fsp3) is 0.500. The maximum absolute atomic E-state index is 5.69. The second kappa shape index (κ2) is 7.99. The molecule has 0 unspecified atom stereocenters. The molecular weight excluding hydrogens is 274 g/mol. The molecule has 0 N–H and O–H groups in total. The van der Waals surface area contributed by atoms with Crippen LogP contribution in [0.1, 0.15) is 48.5 Å². The lowest BCUT2D eigenvalue weighted by Crippen LogP contribution is -2.12. The molecule has 1 aliphatic rings. The Kier molecular flexibility index (Phi) is 5.48. The Morgan fingerprint density at radius 2 is 1.73 bits per heavy atom. The molecule has 22 heavy (non-hydrogen) atoms. The number of nitrogens with zero attached hydrogens (tertiary/aromatic N) is 3. The van der Waals surface area contributed by atoms with Crippen molar-refractivity contribution in [3.63, 3.8) is 0 Å². The van der Waals surface area contributed by atoms with Crippen molar-refractivity contribution in [3.05, 3.63) is 53.1 Å². The number of aryl methyl sites for hydroxylation is 3. The third-order valence-electron chi connectivity index (χ3n) is 4.01. The van der Waals surface area contributed by atoms with Crippen molar-refractivity contribution in [2.24, 2.45) is 0 Å². The molecule has 116 valence electrons. The summed E-state index contributed by atoms with van der Waals surface area (Å²) in [5.74, 6) is 0.892. The monoisotopic (exact) mass is 297 g/mol. The van der Waals surface area contributed by atoms with Gasteiger partial charge in [-0.25, -0.2) is 4.98 Å². The standard InChI is InChI=1S/C18H23N3O/c1-2-8-15(9-3-1)14-22-13-7-6-12-18-19-16-10-4-5-11-17(16)20-21-18/h1-3,8-9H,4-7,10-14H2. The van der Waals surface area contributed by atoms with E-state index in [9.17, 15) is 0 Å². The van der Waals surface area contributed by atoms with E-state index in [-0.39, 0.29) is 0 Å². The molecule has 0 atom stereocenters. The Hall–Kier alpha value is -1.81. The lowest BCUT2D eigenvalue weighted by Gasteiger charge is -2.13. The third kappa shape index (κ3) is 4.34. The van der Waals surface area contributed by atoms with Crippen molar-refractivity contribution < 1.29 is 4.74 Å². The van der Waals surface area contributed by atoms with E-state index in [1.807, 2.05) is 18.2 Å². The first kappa shape index (κ1) is 15.1. The first-order valence-corrected chi connectivity index (χ1v) is 8.25. The quantitative estimate of drug-likeness (QED) is 0.736. The minimum Gasteiger partial charge on any atom is -0.377 e. The van der Waals surface area contributed by atoms with Gasteiger partial charge in [-0.15, -0.1) is 5.10 Å². The fourth-order valence-electron chi connectivity index (χ4n) is 2.76. The van der Waals surface area contributed by atoms with Crippen molar-refractivity contribution >= 4 is 0 Å². The van der Waals surface area contributed by atoms with Gasteiger partial charge in [0.15, 0.2) is 5.82 Å². The van der Waals surface area contributed by atoms with E-state index < -0.39 is 0 Å². The van der Waals surface area contributed by atoms with Gasteiger partial charge >= 0.3 is 0 Å². The van der Waals surface area contributed by atoms with Gasteiger partial charge in [0.05, 0.1) is 18.0 Å². The molecular formula is C18H23N3O. The molecule has 2 aromatic rings. The fourth-order valence-corrected chi connectivity index (χ4v) is 2.76. The smallest absolute Gasteiger partial charge is 0.151 e. The number of hydrogen-bond acceptors (Lipinski definition) is 4. The first-order valence-electron chi connectivity index (χ1n) is 8.25. The van der Waals surface area contributed by atoms with Gasteiger partial charge < -0.3 is 4.74 Å². The molecule has 0 fully saturated rings. The Labute approximate surface area is 132 Å².